The molecular weight excluding hydrogens is 286 g/mol. The summed E-state index contributed by atoms with van der Waals surface area (Å²) in [7, 11) is 1.86. The molecule has 0 aliphatic carbocycles. The second-order valence-electron chi connectivity index (χ2n) is 5.78. The molecule has 0 amide bonds. The van der Waals surface area contributed by atoms with Crippen LogP contribution >= 0.6 is 0 Å². The van der Waals surface area contributed by atoms with Crippen LogP contribution in [0.1, 0.15) is 17.7 Å². The smallest absolute Gasteiger partial charge is 0.133 e. The van der Waals surface area contributed by atoms with Crippen molar-refractivity contribution in [1.29, 1.82) is 0 Å². The zero-order valence-corrected chi connectivity index (χ0v) is 13.5. The standard InChI is InChI=1S/C18H23N5/c1-13(15-5-4-9-21-18(15)19-2)16-6-3-7-17(23-16)22-12-14-8-10-20-11-14/h3-7,9,14,20H,1,8,10-12H2,2H3,(H,19,21)(H,22,23). The van der Waals surface area contributed by atoms with Gasteiger partial charge in [-0.05, 0) is 49.7 Å². The van der Waals surface area contributed by atoms with Crippen LogP contribution in [0.3, 0.4) is 0 Å². The minimum absolute atomic E-state index is 0.679. The molecule has 3 N–H and O–H groups in total. The number of nitrogens with one attached hydrogen (secondary N) is 3. The number of hydrogen-bond donors (Lipinski definition) is 3. The second-order valence-corrected chi connectivity index (χ2v) is 5.78. The fourth-order valence-electron chi connectivity index (χ4n) is 2.82. The van der Waals surface area contributed by atoms with Crippen molar-refractivity contribution in [2.75, 3.05) is 37.3 Å². The van der Waals surface area contributed by atoms with Crippen molar-refractivity contribution in [3.8, 4) is 0 Å². The summed E-state index contributed by atoms with van der Waals surface area (Å²) in [5, 5.41) is 9.92. The number of anilines is 2. The van der Waals surface area contributed by atoms with Crippen molar-refractivity contribution < 1.29 is 0 Å². The van der Waals surface area contributed by atoms with Gasteiger partial charge in [-0.2, -0.15) is 0 Å². The maximum atomic E-state index is 4.70. The molecule has 0 spiro atoms. The minimum Gasteiger partial charge on any atom is -0.373 e. The first-order chi connectivity index (χ1) is 11.3. The summed E-state index contributed by atoms with van der Waals surface area (Å²) in [5.74, 6) is 2.39. The van der Waals surface area contributed by atoms with Gasteiger partial charge in [-0.15, -0.1) is 0 Å². The highest BCUT2D eigenvalue weighted by molar-refractivity contribution is 5.82. The topological polar surface area (TPSA) is 61.9 Å². The van der Waals surface area contributed by atoms with Gasteiger partial charge in [0.05, 0.1) is 5.69 Å². The molecule has 120 valence electrons. The van der Waals surface area contributed by atoms with Crippen LogP contribution < -0.4 is 16.0 Å². The van der Waals surface area contributed by atoms with Crippen molar-refractivity contribution in [2.45, 2.75) is 6.42 Å². The molecular formula is C18H23N5. The number of pyridine rings is 2. The molecule has 3 heterocycles. The summed E-state index contributed by atoms with van der Waals surface area (Å²) < 4.78 is 0. The van der Waals surface area contributed by atoms with Crippen LogP contribution in [0.5, 0.6) is 0 Å². The number of nitrogens with zero attached hydrogens (tertiary/aromatic N) is 2. The molecule has 0 aromatic carbocycles. The second kappa shape index (κ2) is 7.24. The number of aromatic nitrogens is 2. The van der Waals surface area contributed by atoms with E-state index < -0.39 is 0 Å². The Kier molecular flexibility index (Phi) is 4.88. The zero-order valence-electron chi connectivity index (χ0n) is 13.5. The Bertz CT molecular complexity index is 677. The van der Waals surface area contributed by atoms with Gasteiger partial charge in [0.1, 0.15) is 11.6 Å². The van der Waals surface area contributed by atoms with Gasteiger partial charge >= 0.3 is 0 Å². The van der Waals surface area contributed by atoms with Gasteiger partial charge in [0.25, 0.3) is 0 Å². The van der Waals surface area contributed by atoms with Crippen LogP contribution in [0.4, 0.5) is 11.6 Å². The lowest BCUT2D eigenvalue weighted by Crippen LogP contribution is -2.17. The highest BCUT2D eigenvalue weighted by Gasteiger charge is 2.14. The van der Waals surface area contributed by atoms with E-state index in [0.29, 0.717) is 5.92 Å². The molecule has 1 fully saturated rings. The first kappa shape index (κ1) is 15.5. The molecule has 5 nitrogen and oxygen atoms in total. The van der Waals surface area contributed by atoms with E-state index >= 15 is 0 Å². The number of hydrogen-bond acceptors (Lipinski definition) is 5. The number of rotatable bonds is 6. The lowest BCUT2D eigenvalue weighted by Gasteiger charge is -2.13. The van der Waals surface area contributed by atoms with E-state index in [9.17, 15) is 0 Å². The van der Waals surface area contributed by atoms with E-state index in [2.05, 4.69) is 27.5 Å². The molecule has 5 heteroatoms. The van der Waals surface area contributed by atoms with E-state index in [-0.39, 0.29) is 0 Å². The SMILES string of the molecule is C=C(c1cccc(NCC2CCNC2)n1)c1cccnc1NC. The molecule has 0 bridgehead atoms. The van der Waals surface area contributed by atoms with Crippen molar-refractivity contribution in [3.05, 3.63) is 54.4 Å². The summed E-state index contributed by atoms with van der Waals surface area (Å²) in [6.45, 7) is 7.35. The monoisotopic (exact) mass is 309 g/mol. The van der Waals surface area contributed by atoms with Crippen LogP contribution in [-0.4, -0.2) is 36.6 Å². The maximum Gasteiger partial charge on any atom is 0.133 e. The van der Waals surface area contributed by atoms with E-state index in [4.69, 9.17) is 4.98 Å². The Morgan fingerprint density at radius 1 is 1.35 bits per heavy atom. The summed E-state index contributed by atoms with van der Waals surface area (Å²) >= 11 is 0. The van der Waals surface area contributed by atoms with E-state index in [1.54, 1.807) is 6.20 Å². The van der Waals surface area contributed by atoms with Gasteiger partial charge in [-0.1, -0.05) is 12.6 Å². The molecule has 1 aliphatic heterocycles. The Morgan fingerprint density at radius 2 is 2.26 bits per heavy atom. The predicted molar refractivity (Wildman–Crippen MR) is 95.6 cm³/mol. The summed E-state index contributed by atoms with van der Waals surface area (Å²) in [5.41, 5.74) is 2.71. The van der Waals surface area contributed by atoms with Gasteiger partial charge in [-0.3, -0.25) is 0 Å². The van der Waals surface area contributed by atoms with E-state index in [1.807, 2.05) is 37.4 Å². The van der Waals surface area contributed by atoms with Gasteiger partial charge in [0.15, 0.2) is 0 Å². The Balaban J connectivity index is 1.74. The van der Waals surface area contributed by atoms with Crippen LogP contribution in [-0.2, 0) is 0 Å². The van der Waals surface area contributed by atoms with Crippen molar-refractivity contribution in [1.82, 2.24) is 15.3 Å². The molecule has 0 radical (unpaired) electrons. The summed E-state index contributed by atoms with van der Waals surface area (Å²) in [4.78, 5) is 9.03. The first-order valence-electron chi connectivity index (χ1n) is 8.02. The lowest BCUT2D eigenvalue weighted by molar-refractivity contribution is 0.614. The van der Waals surface area contributed by atoms with Crippen LogP contribution in [0.25, 0.3) is 5.57 Å². The summed E-state index contributed by atoms with van der Waals surface area (Å²) in [6, 6.07) is 9.92. The molecule has 23 heavy (non-hydrogen) atoms. The van der Waals surface area contributed by atoms with Gasteiger partial charge in [0.2, 0.25) is 0 Å². The average Bonchev–Trinajstić information content (AvgIpc) is 3.13. The molecule has 1 aliphatic rings. The highest BCUT2D eigenvalue weighted by Crippen LogP contribution is 2.25. The third-order valence-electron chi connectivity index (χ3n) is 4.16. The van der Waals surface area contributed by atoms with Crippen LogP contribution in [0, 0.1) is 5.92 Å². The minimum atomic E-state index is 0.679. The van der Waals surface area contributed by atoms with Gasteiger partial charge < -0.3 is 16.0 Å². The normalized spacial score (nSPS) is 17.0. The summed E-state index contributed by atoms with van der Waals surface area (Å²) in [6.07, 6.45) is 2.99. The first-order valence-corrected chi connectivity index (χ1v) is 8.02. The predicted octanol–water partition coefficient (Wildman–Crippen LogP) is 2.60. The van der Waals surface area contributed by atoms with Crippen molar-refractivity contribution in [3.63, 3.8) is 0 Å². The van der Waals surface area contributed by atoms with Gasteiger partial charge in [-0.25, -0.2) is 9.97 Å². The Hall–Kier alpha value is -2.40. The van der Waals surface area contributed by atoms with Gasteiger partial charge in [0, 0.05) is 30.9 Å². The fourth-order valence-corrected chi connectivity index (χ4v) is 2.82. The average molecular weight is 309 g/mol. The Labute approximate surface area is 137 Å². The van der Waals surface area contributed by atoms with E-state index in [0.717, 1.165) is 48.1 Å². The van der Waals surface area contributed by atoms with E-state index in [1.165, 1.54) is 6.42 Å². The molecule has 2 aromatic heterocycles. The third-order valence-corrected chi connectivity index (χ3v) is 4.16. The van der Waals surface area contributed by atoms with Crippen LogP contribution in [0.2, 0.25) is 0 Å². The molecule has 0 saturated carbocycles. The van der Waals surface area contributed by atoms with Crippen molar-refractivity contribution in [2.24, 2.45) is 5.92 Å². The third kappa shape index (κ3) is 3.68. The maximum absolute atomic E-state index is 4.70. The lowest BCUT2D eigenvalue weighted by atomic mass is 10.0. The fraction of sp³-hybridized carbons (Fsp3) is 0.333. The quantitative estimate of drug-likeness (QED) is 0.765. The molecule has 1 atom stereocenters. The zero-order chi connectivity index (χ0) is 16.1. The highest BCUT2D eigenvalue weighted by atomic mass is 15.0. The Morgan fingerprint density at radius 3 is 3.04 bits per heavy atom. The van der Waals surface area contributed by atoms with Crippen molar-refractivity contribution >= 4 is 17.2 Å². The molecule has 2 aromatic rings. The van der Waals surface area contributed by atoms with Crippen LogP contribution in [0.15, 0.2) is 43.1 Å². The molecule has 1 unspecified atom stereocenters. The molecule has 3 rings (SSSR count). The molecule has 1 saturated heterocycles. The largest absolute Gasteiger partial charge is 0.373 e.